The fourth-order valence-electron chi connectivity index (χ4n) is 3.92. The Morgan fingerprint density at radius 1 is 0.500 bits per heavy atom. The zero-order valence-electron chi connectivity index (χ0n) is 19.1. The van der Waals surface area contributed by atoms with E-state index in [1.807, 2.05) is 0 Å². The Morgan fingerprint density at radius 2 is 0.875 bits per heavy atom. The van der Waals surface area contributed by atoms with Gasteiger partial charge in [0.15, 0.2) is 0 Å². The van der Waals surface area contributed by atoms with Crippen LogP contribution in [0.4, 0.5) is 0 Å². The average molecular weight is 341 g/mol. The van der Waals surface area contributed by atoms with E-state index in [9.17, 15) is 0 Å². The van der Waals surface area contributed by atoms with Crippen LogP contribution in [0.5, 0.6) is 0 Å². The zero-order valence-corrected chi connectivity index (χ0v) is 19.1. The Hall–Kier alpha value is 0. The SMILES string of the molecule is CCCC(C)CC(CCC)C(C)C.CCCC(CC(C)C)C(C)C. The molecule has 0 radical (unpaired) electrons. The van der Waals surface area contributed by atoms with Crippen molar-refractivity contribution in [2.24, 2.45) is 35.5 Å². The van der Waals surface area contributed by atoms with Gasteiger partial charge in [-0.05, 0) is 48.3 Å². The van der Waals surface area contributed by atoms with Gasteiger partial charge in [0.2, 0.25) is 0 Å². The third-order valence-corrected chi connectivity index (χ3v) is 5.47. The van der Waals surface area contributed by atoms with Crippen molar-refractivity contribution >= 4 is 0 Å². The summed E-state index contributed by atoms with van der Waals surface area (Å²) in [6.45, 7) is 23.4. The summed E-state index contributed by atoms with van der Waals surface area (Å²) < 4.78 is 0. The minimum absolute atomic E-state index is 0.869. The molecule has 0 aromatic carbocycles. The van der Waals surface area contributed by atoms with Crippen molar-refractivity contribution in [1.29, 1.82) is 0 Å². The largest absolute Gasteiger partial charge is 0.0654 e. The maximum Gasteiger partial charge on any atom is -0.0389 e. The van der Waals surface area contributed by atoms with Gasteiger partial charge in [0, 0.05) is 0 Å². The second-order valence-corrected chi connectivity index (χ2v) is 9.34. The zero-order chi connectivity index (χ0) is 19.1. The topological polar surface area (TPSA) is 0 Å². The molecule has 0 aliphatic rings. The van der Waals surface area contributed by atoms with E-state index in [1.54, 1.807) is 0 Å². The highest BCUT2D eigenvalue weighted by Gasteiger charge is 2.15. The highest BCUT2D eigenvalue weighted by molar-refractivity contribution is 4.66. The molecule has 0 bridgehead atoms. The lowest BCUT2D eigenvalue weighted by molar-refractivity contribution is 0.279. The van der Waals surface area contributed by atoms with E-state index in [0.29, 0.717) is 0 Å². The van der Waals surface area contributed by atoms with Crippen molar-refractivity contribution in [3.8, 4) is 0 Å². The minimum atomic E-state index is 0.869. The van der Waals surface area contributed by atoms with Crippen LogP contribution in [-0.4, -0.2) is 0 Å². The highest BCUT2D eigenvalue weighted by Crippen LogP contribution is 2.27. The summed E-state index contributed by atoms with van der Waals surface area (Å²) in [4.78, 5) is 0. The van der Waals surface area contributed by atoms with Crippen molar-refractivity contribution in [3.05, 3.63) is 0 Å². The molecule has 0 heteroatoms. The standard InChI is InChI=1S/C13H28.C11H24/c1-6-8-12(5)10-13(9-7-2)11(3)4;1-6-7-11(10(4)5)8-9(2)3/h11-13H,6-10H2,1-5H3;9-11H,6-8H2,1-5H3. The van der Waals surface area contributed by atoms with E-state index in [0.717, 1.165) is 35.5 Å². The molecular formula is C24H52. The van der Waals surface area contributed by atoms with Gasteiger partial charge in [-0.25, -0.2) is 0 Å². The molecule has 0 nitrogen and oxygen atoms in total. The first-order valence-corrected chi connectivity index (χ1v) is 11.2. The first kappa shape index (κ1) is 26.2. The predicted octanol–water partition coefficient (Wildman–Crippen LogP) is 8.99. The molecule has 24 heavy (non-hydrogen) atoms. The van der Waals surface area contributed by atoms with Crippen molar-refractivity contribution in [2.75, 3.05) is 0 Å². The van der Waals surface area contributed by atoms with Gasteiger partial charge < -0.3 is 0 Å². The van der Waals surface area contributed by atoms with Gasteiger partial charge in [0.1, 0.15) is 0 Å². The third kappa shape index (κ3) is 15.5. The van der Waals surface area contributed by atoms with Gasteiger partial charge in [-0.2, -0.15) is 0 Å². The molecule has 0 saturated heterocycles. The van der Waals surface area contributed by atoms with Crippen LogP contribution in [0.1, 0.15) is 121 Å². The summed E-state index contributed by atoms with van der Waals surface area (Å²) in [5.41, 5.74) is 0. The van der Waals surface area contributed by atoms with E-state index < -0.39 is 0 Å². The van der Waals surface area contributed by atoms with Gasteiger partial charge in [0.25, 0.3) is 0 Å². The molecule has 3 atom stereocenters. The summed E-state index contributed by atoms with van der Waals surface area (Å²) in [5, 5.41) is 0. The molecule has 0 amide bonds. The molecule has 3 unspecified atom stereocenters. The molecule has 0 saturated carbocycles. The van der Waals surface area contributed by atoms with E-state index in [1.165, 1.54) is 51.4 Å². The average Bonchev–Trinajstić information content (AvgIpc) is 2.46. The van der Waals surface area contributed by atoms with E-state index in [2.05, 4.69) is 69.2 Å². The van der Waals surface area contributed by atoms with Gasteiger partial charge in [-0.1, -0.05) is 108 Å². The van der Waals surface area contributed by atoms with Crippen LogP contribution in [0.2, 0.25) is 0 Å². The van der Waals surface area contributed by atoms with E-state index in [-0.39, 0.29) is 0 Å². The fraction of sp³-hybridized carbons (Fsp3) is 1.00. The fourth-order valence-corrected chi connectivity index (χ4v) is 3.92. The Balaban J connectivity index is 0. The molecule has 148 valence electrons. The predicted molar refractivity (Wildman–Crippen MR) is 115 cm³/mol. The summed E-state index contributed by atoms with van der Waals surface area (Å²) in [6, 6.07) is 0. The number of hydrogen-bond acceptors (Lipinski definition) is 0. The van der Waals surface area contributed by atoms with Crippen molar-refractivity contribution in [3.63, 3.8) is 0 Å². The van der Waals surface area contributed by atoms with Crippen LogP contribution >= 0.6 is 0 Å². The summed E-state index contributed by atoms with van der Waals surface area (Å²) in [6.07, 6.45) is 11.1. The molecule has 0 rings (SSSR count). The Labute approximate surface area is 156 Å². The van der Waals surface area contributed by atoms with Crippen LogP contribution in [0.15, 0.2) is 0 Å². The molecule has 0 heterocycles. The van der Waals surface area contributed by atoms with Crippen LogP contribution in [0.25, 0.3) is 0 Å². The second kappa shape index (κ2) is 16.5. The smallest absolute Gasteiger partial charge is 0.0389 e. The van der Waals surface area contributed by atoms with Crippen molar-refractivity contribution < 1.29 is 0 Å². The summed E-state index contributed by atoms with van der Waals surface area (Å²) in [5.74, 6) is 5.47. The maximum absolute atomic E-state index is 2.41. The molecular weight excluding hydrogens is 288 g/mol. The van der Waals surface area contributed by atoms with Gasteiger partial charge >= 0.3 is 0 Å². The van der Waals surface area contributed by atoms with Gasteiger partial charge in [-0.3, -0.25) is 0 Å². The minimum Gasteiger partial charge on any atom is -0.0654 e. The van der Waals surface area contributed by atoms with Crippen molar-refractivity contribution in [1.82, 2.24) is 0 Å². The Morgan fingerprint density at radius 3 is 1.17 bits per heavy atom. The first-order chi connectivity index (χ1) is 11.2. The summed E-state index contributed by atoms with van der Waals surface area (Å²) in [7, 11) is 0. The molecule has 0 spiro atoms. The molecule has 0 aliphatic heterocycles. The molecule has 0 aliphatic carbocycles. The van der Waals surface area contributed by atoms with Gasteiger partial charge in [-0.15, -0.1) is 0 Å². The molecule has 0 aromatic heterocycles. The van der Waals surface area contributed by atoms with Crippen LogP contribution < -0.4 is 0 Å². The van der Waals surface area contributed by atoms with Gasteiger partial charge in [0.05, 0.1) is 0 Å². The normalized spacial score (nSPS) is 15.4. The highest BCUT2D eigenvalue weighted by atomic mass is 14.2. The number of hydrogen-bond donors (Lipinski definition) is 0. The first-order valence-electron chi connectivity index (χ1n) is 11.2. The van der Waals surface area contributed by atoms with E-state index in [4.69, 9.17) is 0 Å². The lowest BCUT2D eigenvalue weighted by Crippen LogP contribution is -2.12. The Bertz CT molecular complexity index is 238. The van der Waals surface area contributed by atoms with Crippen LogP contribution in [-0.2, 0) is 0 Å². The number of rotatable bonds is 12. The molecule has 0 fully saturated rings. The van der Waals surface area contributed by atoms with Crippen LogP contribution in [0.3, 0.4) is 0 Å². The third-order valence-electron chi connectivity index (χ3n) is 5.47. The Kier molecular flexibility index (Phi) is 18.0. The van der Waals surface area contributed by atoms with Crippen molar-refractivity contribution in [2.45, 2.75) is 121 Å². The molecule has 0 N–H and O–H groups in total. The quantitative estimate of drug-likeness (QED) is 0.332. The lowest BCUT2D eigenvalue weighted by Gasteiger charge is -2.23. The van der Waals surface area contributed by atoms with E-state index >= 15 is 0 Å². The van der Waals surface area contributed by atoms with Crippen LogP contribution in [0, 0.1) is 35.5 Å². The monoisotopic (exact) mass is 340 g/mol. The summed E-state index contributed by atoms with van der Waals surface area (Å²) >= 11 is 0. The molecule has 0 aromatic rings. The second-order valence-electron chi connectivity index (χ2n) is 9.34. The lowest BCUT2D eigenvalue weighted by atomic mass is 9.83. The maximum atomic E-state index is 2.41.